The van der Waals surface area contributed by atoms with Gasteiger partial charge >= 0.3 is 6.09 Å². The lowest BCUT2D eigenvalue weighted by atomic mass is 10.2. The molecule has 1 saturated heterocycles. The molecule has 0 unspecified atom stereocenters. The Hall–Kier alpha value is -3.02. The molecule has 28 heavy (non-hydrogen) atoms. The van der Waals surface area contributed by atoms with Crippen molar-refractivity contribution < 1.29 is 9.53 Å². The predicted molar refractivity (Wildman–Crippen MR) is 106 cm³/mol. The van der Waals surface area contributed by atoms with Gasteiger partial charge in [0.05, 0.1) is 18.3 Å². The highest BCUT2D eigenvalue weighted by atomic mass is 16.6. The fraction of sp³-hybridized carbons (Fsp3) is 0.579. The molecule has 1 fully saturated rings. The molecule has 9 nitrogen and oxygen atoms in total. The van der Waals surface area contributed by atoms with Gasteiger partial charge < -0.3 is 14.5 Å². The second-order valence-corrected chi connectivity index (χ2v) is 7.69. The van der Waals surface area contributed by atoms with Gasteiger partial charge in [0, 0.05) is 33.2 Å². The number of piperazine rings is 1. The van der Waals surface area contributed by atoms with E-state index in [0.29, 0.717) is 49.7 Å². The summed E-state index contributed by atoms with van der Waals surface area (Å²) >= 11 is 0. The Morgan fingerprint density at radius 3 is 2.54 bits per heavy atom. The molecule has 0 spiro atoms. The van der Waals surface area contributed by atoms with Crippen LogP contribution < -0.4 is 10.5 Å². The molecule has 1 aliphatic heterocycles. The highest BCUT2D eigenvalue weighted by molar-refractivity contribution is 5.77. The lowest BCUT2D eigenvalue weighted by Gasteiger charge is -2.36. The van der Waals surface area contributed by atoms with Crippen LogP contribution in [-0.4, -0.2) is 62.1 Å². The van der Waals surface area contributed by atoms with Crippen molar-refractivity contribution in [2.75, 3.05) is 31.1 Å². The number of hydrogen-bond donors (Lipinski definition) is 0. The molecule has 1 aliphatic rings. The highest BCUT2D eigenvalue weighted by Gasteiger charge is 2.28. The quantitative estimate of drug-likeness (QED) is 0.722. The summed E-state index contributed by atoms with van der Waals surface area (Å²) in [6, 6.07) is 0. The van der Waals surface area contributed by atoms with E-state index >= 15 is 0 Å². The van der Waals surface area contributed by atoms with Gasteiger partial charge in [-0.15, -0.1) is 5.92 Å². The number of anilines is 1. The molecule has 0 aliphatic carbocycles. The fourth-order valence-electron chi connectivity index (χ4n) is 3.06. The Balaban J connectivity index is 1.86. The molecule has 1 amide bonds. The van der Waals surface area contributed by atoms with Crippen LogP contribution in [0, 0.1) is 11.8 Å². The number of hydrogen-bond acceptors (Lipinski definition) is 6. The van der Waals surface area contributed by atoms with Crippen molar-refractivity contribution in [2.24, 2.45) is 7.05 Å². The van der Waals surface area contributed by atoms with Crippen molar-refractivity contribution in [1.82, 2.24) is 24.2 Å². The summed E-state index contributed by atoms with van der Waals surface area (Å²) in [5.41, 5.74) is 0.276. The van der Waals surface area contributed by atoms with E-state index in [9.17, 15) is 9.59 Å². The van der Waals surface area contributed by atoms with Crippen LogP contribution in [0.1, 0.15) is 27.7 Å². The van der Waals surface area contributed by atoms with E-state index in [1.54, 1.807) is 25.1 Å². The molecule has 3 heterocycles. The standard InChI is InChI=1S/C19H26N6O3/c1-6-7-8-25-14-13-20-22(5)16(26)15(14)21-17(25)23-9-11-24(12-10-23)18(27)28-19(2,3)4/h13H,8-12H2,1-5H3. The minimum Gasteiger partial charge on any atom is -0.444 e. The Labute approximate surface area is 163 Å². The maximum absolute atomic E-state index is 12.4. The van der Waals surface area contributed by atoms with E-state index < -0.39 is 5.60 Å². The van der Waals surface area contributed by atoms with Crippen molar-refractivity contribution in [2.45, 2.75) is 39.8 Å². The summed E-state index contributed by atoms with van der Waals surface area (Å²) in [6.07, 6.45) is 1.33. The summed E-state index contributed by atoms with van der Waals surface area (Å²) < 4.78 is 8.63. The zero-order valence-corrected chi connectivity index (χ0v) is 17.0. The van der Waals surface area contributed by atoms with Crippen LogP contribution in [0.25, 0.3) is 11.0 Å². The second-order valence-electron chi connectivity index (χ2n) is 7.69. The minimum atomic E-state index is -0.520. The normalized spacial score (nSPS) is 14.8. The number of amides is 1. The molecular weight excluding hydrogens is 360 g/mol. The third kappa shape index (κ3) is 3.96. The lowest BCUT2D eigenvalue weighted by molar-refractivity contribution is 0.0240. The molecular formula is C19H26N6O3. The van der Waals surface area contributed by atoms with Gasteiger partial charge in [0.1, 0.15) is 5.60 Å². The minimum absolute atomic E-state index is 0.241. The molecule has 0 N–H and O–H groups in total. The Morgan fingerprint density at radius 2 is 1.93 bits per heavy atom. The van der Waals surface area contributed by atoms with Crippen molar-refractivity contribution >= 4 is 23.1 Å². The Morgan fingerprint density at radius 1 is 1.25 bits per heavy atom. The van der Waals surface area contributed by atoms with Gasteiger partial charge in [0.2, 0.25) is 5.95 Å². The summed E-state index contributed by atoms with van der Waals surface area (Å²) in [4.78, 5) is 33.1. The zero-order chi connectivity index (χ0) is 20.5. The Bertz CT molecular complexity index is 997. The molecule has 0 aromatic carbocycles. The van der Waals surface area contributed by atoms with Crippen LogP contribution in [0.5, 0.6) is 0 Å². The maximum Gasteiger partial charge on any atom is 0.410 e. The van der Waals surface area contributed by atoms with Crippen molar-refractivity contribution in [3.8, 4) is 11.8 Å². The molecule has 0 atom stereocenters. The number of carbonyl (C=O) groups is 1. The monoisotopic (exact) mass is 386 g/mol. The highest BCUT2D eigenvalue weighted by Crippen LogP contribution is 2.22. The largest absolute Gasteiger partial charge is 0.444 e. The molecule has 0 radical (unpaired) electrons. The van der Waals surface area contributed by atoms with Crippen LogP contribution in [0.2, 0.25) is 0 Å². The average molecular weight is 386 g/mol. The van der Waals surface area contributed by atoms with Gasteiger partial charge in [-0.25, -0.2) is 14.5 Å². The number of rotatable bonds is 2. The average Bonchev–Trinajstić information content (AvgIpc) is 3.01. The molecule has 0 saturated carbocycles. The van der Waals surface area contributed by atoms with Crippen LogP contribution in [-0.2, 0) is 18.3 Å². The van der Waals surface area contributed by atoms with Crippen LogP contribution in [0.3, 0.4) is 0 Å². The first-order valence-electron chi connectivity index (χ1n) is 9.26. The lowest BCUT2D eigenvalue weighted by Crippen LogP contribution is -2.50. The van der Waals surface area contributed by atoms with Crippen LogP contribution in [0.4, 0.5) is 10.7 Å². The first-order valence-corrected chi connectivity index (χ1v) is 9.26. The number of ether oxygens (including phenoxy) is 1. The van der Waals surface area contributed by atoms with Crippen LogP contribution >= 0.6 is 0 Å². The third-order valence-corrected chi connectivity index (χ3v) is 4.46. The first kappa shape index (κ1) is 19.7. The topological polar surface area (TPSA) is 85.5 Å². The number of aryl methyl sites for hydroxylation is 1. The zero-order valence-electron chi connectivity index (χ0n) is 17.0. The molecule has 150 valence electrons. The second kappa shape index (κ2) is 7.54. The summed E-state index contributed by atoms with van der Waals surface area (Å²) in [7, 11) is 1.60. The van der Waals surface area contributed by atoms with E-state index in [1.165, 1.54) is 4.68 Å². The van der Waals surface area contributed by atoms with Gasteiger partial charge in [-0.2, -0.15) is 5.10 Å². The first-order chi connectivity index (χ1) is 13.2. The van der Waals surface area contributed by atoms with Crippen molar-refractivity contribution in [1.29, 1.82) is 0 Å². The SMILES string of the molecule is CC#CCn1c(N2CCN(C(=O)OC(C)(C)C)CC2)nc2c(=O)n(C)ncc21. The molecule has 0 bridgehead atoms. The number of aromatic nitrogens is 4. The third-order valence-electron chi connectivity index (χ3n) is 4.46. The summed E-state index contributed by atoms with van der Waals surface area (Å²) in [6.45, 7) is 9.99. The number of carbonyl (C=O) groups excluding carboxylic acids is 1. The molecule has 2 aromatic heterocycles. The summed E-state index contributed by atoms with van der Waals surface area (Å²) in [5.74, 6) is 6.59. The van der Waals surface area contributed by atoms with Crippen molar-refractivity contribution in [3.05, 3.63) is 16.6 Å². The number of nitrogens with zero attached hydrogens (tertiary/aromatic N) is 6. The summed E-state index contributed by atoms with van der Waals surface area (Å²) in [5, 5.41) is 4.11. The smallest absolute Gasteiger partial charge is 0.410 e. The molecule has 2 aromatic rings. The maximum atomic E-state index is 12.4. The van der Waals surface area contributed by atoms with Gasteiger partial charge in [-0.3, -0.25) is 9.36 Å². The van der Waals surface area contributed by atoms with Gasteiger partial charge in [0.25, 0.3) is 5.56 Å². The number of fused-ring (bicyclic) bond motifs is 1. The van der Waals surface area contributed by atoms with E-state index in [2.05, 4.69) is 26.8 Å². The molecule has 3 rings (SSSR count). The number of imidazole rings is 1. The van der Waals surface area contributed by atoms with E-state index in [1.807, 2.05) is 25.3 Å². The van der Waals surface area contributed by atoms with E-state index in [4.69, 9.17) is 4.74 Å². The van der Waals surface area contributed by atoms with Gasteiger partial charge in [0.15, 0.2) is 5.52 Å². The fourth-order valence-corrected chi connectivity index (χ4v) is 3.06. The predicted octanol–water partition coefficient (Wildman–Crippen LogP) is 1.21. The van der Waals surface area contributed by atoms with Gasteiger partial charge in [-0.1, -0.05) is 5.92 Å². The molecule has 9 heteroatoms. The van der Waals surface area contributed by atoms with Gasteiger partial charge in [-0.05, 0) is 27.7 Å². The van der Waals surface area contributed by atoms with E-state index in [-0.39, 0.29) is 11.7 Å². The van der Waals surface area contributed by atoms with Crippen molar-refractivity contribution in [3.63, 3.8) is 0 Å². The van der Waals surface area contributed by atoms with Crippen LogP contribution in [0.15, 0.2) is 11.0 Å². The van der Waals surface area contributed by atoms with E-state index in [0.717, 1.165) is 0 Å². The Kier molecular flexibility index (Phi) is 5.31.